The zero-order chi connectivity index (χ0) is 11.2. The Morgan fingerprint density at radius 1 is 1.29 bits per heavy atom. The molecule has 86 valence electrons. The van der Waals surface area contributed by atoms with Crippen molar-refractivity contribution in [3.63, 3.8) is 0 Å². The molecule has 1 unspecified atom stereocenters. The maximum atomic E-state index is 11.8. The second kappa shape index (κ2) is 6.51. The SMILES string of the molecule is CC(C)C(CCCl)NCCC(F)(F)F. The Balaban J connectivity index is 3.72. The smallest absolute Gasteiger partial charge is 0.313 e. The van der Waals surface area contributed by atoms with Gasteiger partial charge in [-0.2, -0.15) is 13.2 Å². The summed E-state index contributed by atoms with van der Waals surface area (Å²) in [5, 5.41) is 2.87. The standard InChI is InChI=1S/C9H17ClF3N/c1-7(2)8(3-5-10)14-6-4-9(11,12)13/h7-8,14H,3-6H2,1-2H3. The fourth-order valence-electron chi connectivity index (χ4n) is 1.19. The van der Waals surface area contributed by atoms with Crippen molar-refractivity contribution in [1.82, 2.24) is 5.32 Å². The van der Waals surface area contributed by atoms with Crippen LogP contribution in [0.15, 0.2) is 0 Å². The van der Waals surface area contributed by atoms with Crippen LogP contribution in [0, 0.1) is 5.92 Å². The summed E-state index contributed by atoms with van der Waals surface area (Å²) in [4.78, 5) is 0. The van der Waals surface area contributed by atoms with Crippen molar-refractivity contribution in [1.29, 1.82) is 0 Å². The summed E-state index contributed by atoms with van der Waals surface area (Å²) in [5.41, 5.74) is 0. The third-order valence-electron chi connectivity index (χ3n) is 2.04. The minimum Gasteiger partial charge on any atom is -0.313 e. The molecule has 0 saturated carbocycles. The summed E-state index contributed by atoms with van der Waals surface area (Å²) in [7, 11) is 0. The Labute approximate surface area is 88.0 Å². The van der Waals surface area contributed by atoms with Gasteiger partial charge in [0.1, 0.15) is 0 Å². The van der Waals surface area contributed by atoms with E-state index in [2.05, 4.69) is 5.32 Å². The van der Waals surface area contributed by atoms with Crippen LogP contribution in [0.4, 0.5) is 13.2 Å². The molecule has 1 N–H and O–H groups in total. The Bertz CT molecular complexity index is 147. The van der Waals surface area contributed by atoms with E-state index in [0.29, 0.717) is 18.2 Å². The number of alkyl halides is 4. The van der Waals surface area contributed by atoms with Gasteiger partial charge in [0.15, 0.2) is 0 Å². The molecule has 0 aliphatic rings. The molecule has 0 fully saturated rings. The third kappa shape index (κ3) is 7.44. The summed E-state index contributed by atoms with van der Waals surface area (Å²) in [6.07, 6.45) is -4.15. The minimum atomic E-state index is -4.07. The molecule has 1 nitrogen and oxygen atoms in total. The average Bonchev–Trinajstić information content (AvgIpc) is 2.00. The number of hydrogen-bond donors (Lipinski definition) is 1. The van der Waals surface area contributed by atoms with Crippen molar-refractivity contribution >= 4 is 11.6 Å². The molecule has 0 spiro atoms. The first-order valence-electron chi connectivity index (χ1n) is 4.73. The van der Waals surface area contributed by atoms with Gasteiger partial charge in [0.25, 0.3) is 0 Å². The number of rotatable bonds is 6. The van der Waals surface area contributed by atoms with Crippen LogP contribution < -0.4 is 5.32 Å². The van der Waals surface area contributed by atoms with Crippen LogP contribution in [0.2, 0.25) is 0 Å². The van der Waals surface area contributed by atoms with Crippen LogP contribution in [0.25, 0.3) is 0 Å². The number of hydrogen-bond acceptors (Lipinski definition) is 1. The van der Waals surface area contributed by atoms with E-state index in [-0.39, 0.29) is 12.6 Å². The molecule has 0 amide bonds. The molecule has 0 bridgehead atoms. The molecule has 0 aromatic heterocycles. The van der Waals surface area contributed by atoms with Gasteiger partial charge in [0, 0.05) is 18.5 Å². The van der Waals surface area contributed by atoms with E-state index in [0.717, 1.165) is 0 Å². The topological polar surface area (TPSA) is 12.0 Å². The van der Waals surface area contributed by atoms with Gasteiger partial charge in [-0.25, -0.2) is 0 Å². The van der Waals surface area contributed by atoms with Crippen LogP contribution >= 0.6 is 11.6 Å². The monoisotopic (exact) mass is 231 g/mol. The van der Waals surface area contributed by atoms with E-state index in [4.69, 9.17) is 11.6 Å². The zero-order valence-corrected chi connectivity index (χ0v) is 9.25. The Hall–Kier alpha value is 0.0400. The Kier molecular flexibility index (Phi) is 6.53. The molecule has 0 saturated heterocycles. The molecule has 0 aromatic carbocycles. The summed E-state index contributed by atoms with van der Waals surface area (Å²) >= 11 is 5.55. The second-order valence-corrected chi connectivity index (χ2v) is 4.03. The van der Waals surface area contributed by atoms with E-state index >= 15 is 0 Å². The molecule has 1 atom stereocenters. The van der Waals surface area contributed by atoms with Crippen molar-refractivity contribution in [2.45, 2.75) is 38.9 Å². The highest BCUT2D eigenvalue weighted by atomic mass is 35.5. The summed E-state index contributed by atoms with van der Waals surface area (Å²) in [6.45, 7) is 3.92. The third-order valence-corrected chi connectivity index (χ3v) is 2.26. The number of nitrogens with one attached hydrogen (secondary N) is 1. The molecule has 0 aliphatic carbocycles. The lowest BCUT2D eigenvalue weighted by Gasteiger charge is -2.21. The molecule has 0 rings (SSSR count). The zero-order valence-electron chi connectivity index (χ0n) is 8.49. The quantitative estimate of drug-likeness (QED) is 0.693. The van der Waals surface area contributed by atoms with Gasteiger partial charge in [0.05, 0.1) is 6.42 Å². The minimum absolute atomic E-state index is 0.0246. The first-order valence-corrected chi connectivity index (χ1v) is 5.26. The van der Waals surface area contributed by atoms with E-state index in [9.17, 15) is 13.2 Å². The van der Waals surface area contributed by atoms with Crippen molar-refractivity contribution < 1.29 is 13.2 Å². The largest absolute Gasteiger partial charge is 0.390 e. The lowest BCUT2D eigenvalue weighted by molar-refractivity contribution is -0.133. The molecule has 14 heavy (non-hydrogen) atoms. The van der Waals surface area contributed by atoms with Crippen LogP contribution in [-0.2, 0) is 0 Å². The van der Waals surface area contributed by atoms with Gasteiger partial charge >= 0.3 is 6.18 Å². The van der Waals surface area contributed by atoms with E-state index in [1.807, 2.05) is 13.8 Å². The highest BCUT2D eigenvalue weighted by Crippen LogP contribution is 2.18. The van der Waals surface area contributed by atoms with Crippen LogP contribution in [-0.4, -0.2) is 24.6 Å². The molecule has 0 heterocycles. The molecular formula is C9H17ClF3N. The summed E-state index contributed by atoms with van der Waals surface area (Å²) in [6, 6.07) is 0.0786. The molecule has 0 aliphatic heterocycles. The normalized spacial score (nSPS) is 14.8. The van der Waals surface area contributed by atoms with Crippen LogP contribution in [0.1, 0.15) is 26.7 Å². The molecule has 0 aromatic rings. The van der Waals surface area contributed by atoms with Crippen molar-refractivity contribution in [2.75, 3.05) is 12.4 Å². The van der Waals surface area contributed by atoms with Crippen LogP contribution in [0.3, 0.4) is 0 Å². The first-order chi connectivity index (χ1) is 6.37. The predicted octanol–water partition coefficient (Wildman–Crippen LogP) is 3.18. The first kappa shape index (κ1) is 14.0. The van der Waals surface area contributed by atoms with Crippen molar-refractivity contribution in [2.24, 2.45) is 5.92 Å². The number of halogens is 4. The average molecular weight is 232 g/mol. The van der Waals surface area contributed by atoms with Gasteiger partial charge in [0.2, 0.25) is 0 Å². The molecular weight excluding hydrogens is 215 g/mol. The highest BCUT2D eigenvalue weighted by molar-refractivity contribution is 6.17. The van der Waals surface area contributed by atoms with Crippen LogP contribution in [0.5, 0.6) is 0 Å². The lowest BCUT2D eigenvalue weighted by Crippen LogP contribution is -2.36. The fourth-order valence-corrected chi connectivity index (χ4v) is 1.42. The highest BCUT2D eigenvalue weighted by Gasteiger charge is 2.26. The fraction of sp³-hybridized carbons (Fsp3) is 1.00. The van der Waals surface area contributed by atoms with Crippen molar-refractivity contribution in [3.05, 3.63) is 0 Å². The van der Waals surface area contributed by atoms with Gasteiger partial charge in [-0.05, 0) is 12.3 Å². The van der Waals surface area contributed by atoms with Gasteiger partial charge in [-0.15, -0.1) is 11.6 Å². The van der Waals surface area contributed by atoms with Gasteiger partial charge in [-0.1, -0.05) is 13.8 Å². The van der Waals surface area contributed by atoms with Crippen molar-refractivity contribution in [3.8, 4) is 0 Å². The second-order valence-electron chi connectivity index (χ2n) is 3.65. The summed E-state index contributed by atoms with van der Waals surface area (Å²) in [5.74, 6) is 0.781. The van der Waals surface area contributed by atoms with E-state index in [1.54, 1.807) is 0 Å². The molecule has 0 radical (unpaired) electrons. The maximum absolute atomic E-state index is 11.8. The van der Waals surface area contributed by atoms with Gasteiger partial charge < -0.3 is 5.32 Å². The summed E-state index contributed by atoms with van der Waals surface area (Å²) < 4.78 is 35.5. The maximum Gasteiger partial charge on any atom is 0.390 e. The van der Waals surface area contributed by atoms with Gasteiger partial charge in [-0.3, -0.25) is 0 Å². The lowest BCUT2D eigenvalue weighted by atomic mass is 10.0. The van der Waals surface area contributed by atoms with E-state index < -0.39 is 12.6 Å². The Morgan fingerprint density at radius 2 is 1.86 bits per heavy atom. The Morgan fingerprint density at radius 3 is 2.21 bits per heavy atom. The predicted molar refractivity (Wildman–Crippen MR) is 52.6 cm³/mol. The van der Waals surface area contributed by atoms with E-state index in [1.165, 1.54) is 0 Å². The molecule has 5 heteroatoms.